The van der Waals surface area contributed by atoms with Gasteiger partial charge in [0.25, 0.3) is 0 Å². The Morgan fingerprint density at radius 3 is 2.38 bits per heavy atom. The molecule has 0 saturated heterocycles. The van der Waals surface area contributed by atoms with Crippen LogP contribution in [0.25, 0.3) is 11.1 Å². The fourth-order valence-corrected chi connectivity index (χ4v) is 3.34. The summed E-state index contributed by atoms with van der Waals surface area (Å²) in [7, 11) is 0. The van der Waals surface area contributed by atoms with Gasteiger partial charge < -0.3 is 4.74 Å². The number of aromatic nitrogens is 1. The Hall–Kier alpha value is -3.58. The Morgan fingerprint density at radius 2 is 1.73 bits per heavy atom. The first kappa shape index (κ1) is 15.9. The molecule has 0 fully saturated rings. The van der Waals surface area contributed by atoms with Gasteiger partial charge in [0.15, 0.2) is 0 Å². The van der Waals surface area contributed by atoms with Gasteiger partial charge in [-0.05, 0) is 28.3 Å². The van der Waals surface area contributed by atoms with Crippen molar-refractivity contribution in [2.45, 2.75) is 5.92 Å². The van der Waals surface area contributed by atoms with E-state index in [-0.39, 0.29) is 12.5 Å². The maximum absolute atomic E-state index is 12.2. The molecule has 126 valence electrons. The third kappa shape index (κ3) is 2.91. The van der Waals surface area contributed by atoms with Gasteiger partial charge in [-0.1, -0.05) is 54.5 Å². The fourth-order valence-electron chi connectivity index (χ4n) is 3.34. The molecule has 4 heteroatoms. The first-order valence-corrected chi connectivity index (χ1v) is 8.30. The Balaban J connectivity index is 1.49. The summed E-state index contributed by atoms with van der Waals surface area (Å²) >= 11 is 0. The molecule has 26 heavy (non-hydrogen) atoms. The van der Waals surface area contributed by atoms with Crippen LogP contribution in [0.3, 0.4) is 0 Å². The number of nitrogens with zero attached hydrogens (tertiary/aromatic N) is 1. The summed E-state index contributed by atoms with van der Waals surface area (Å²) in [5.41, 5.74) is 5.86. The monoisotopic (exact) mass is 340 g/mol. The minimum Gasteiger partial charge on any atom is -0.448 e. The summed E-state index contributed by atoms with van der Waals surface area (Å²) in [4.78, 5) is 16.2. The van der Waals surface area contributed by atoms with E-state index in [0.29, 0.717) is 11.3 Å². The van der Waals surface area contributed by atoms with Crippen molar-refractivity contribution in [3.63, 3.8) is 0 Å². The second-order valence-corrected chi connectivity index (χ2v) is 6.06. The molecule has 0 atom stereocenters. The minimum atomic E-state index is -0.525. The quantitative estimate of drug-likeness (QED) is 0.718. The molecule has 1 heterocycles. The average molecular weight is 340 g/mol. The minimum absolute atomic E-state index is 0.0308. The van der Waals surface area contributed by atoms with Gasteiger partial charge in [0.1, 0.15) is 6.61 Å². The van der Waals surface area contributed by atoms with Crippen LogP contribution in [0.2, 0.25) is 0 Å². The third-order valence-electron chi connectivity index (χ3n) is 4.49. The van der Waals surface area contributed by atoms with Gasteiger partial charge >= 0.3 is 6.09 Å². The number of hydrogen-bond donors (Lipinski definition) is 1. The van der Waals surface area contributed by atoms with E-state index in [1.54, 1.807) is 12.3 Å². The lowest BCUT2D eigenvalue weighted by Gasteiger charge is -2.14. The fraction of sp³-hybridized carbons (Fsp3) is 0.0909. The van der Waals surface area contributed by atoms with Crippen LogP contribution in [0.4, 0.5) is 10.5 Å². The molecule has 1 amide bonds. The topological polar surface area (TPSA) is 51.2 Å². The number of pyridine rings is 1. The number of rotatable bonds is 3. The predicted octanol–water partition coefficient (Wildman–Crippen LogP) is 4.42. The molecule has 1 N–H and O–H groups in total. The lowest BCUT2D eigenvalue weighted by atomic mass is 9.98. The van der Waals surface area contributed by atoms with Crippen LogP contribution in [0, 0.1) is 12.3 Å². The van der Waals surface area contributed by atoms with E-state index in [2.05, 4.69) is 40.5 Å². The smallest absolute Gasteiger partial charge is 0.411 e. The van der Waals surface area contributed by atoms with Crippen LogP contribution in [-0.2, 0) is 4.74 Å². The molecule has 1 aliphatic carbocycles. The van der Waals surface area contributed by atoms with Gasteiger partial charge in [-0.15, -0.1) is 6.42 Å². The number of nitrogens with one attached hydrogen (secondary N) is 1. The largest absolute Gasteiger partial charge is 0.448 e. The van der Waals surface area contributed by atoms with Crippen molar-refractivity contribution >= 4 is 11.8 Å². The highest BCUT2D eigenvalue weighted by Gasteiger charge is 2.28. The zero-order chi connectivity index (χ0) is 17.9. The lowest BCUT2D eigenvalue weighted by molar-refractivity contribution is 0.158. The first-order valence-electron chi connectivity index (χ1n) is 8.30. The van der Waals surface area contributed by atoms with E-state index in [4.69, 9.17) is 11.2 Å². The Labute approximate surface area is 151 Å². The lowest BCUT2D eigenvalue weighted by Crippen LogP contribution is -2.18. The molecule has 4 nitrogen and oxygen atoms in total. The van der Waals surface area contributed by atoms with Crippen LogP contribution in [-0.4, -0.2) is 17.7 Å². The van der Waals surface area contributed by atoms with E-state index in [1.165, 1.54) is 28.5 Å². The molecule has 2 aromatic carbocycles. The number of anilines is 1. The van der Waals surface area contributed by atoms with E-state index >= 15 is 0 Å². The second kappa shape index (κ2) is 6.73. The highest BCUT2D eigenvalue weighted by atomic mass is 16.5. The first-order chi connectivity index (χ1) is 12.8. The molecule has 0 aliphatic heterocycles. The standard InChI is InChI=1S/C22H16N2O2/c1-2-15-11-16(13-23-12-15)24-22(25)26-14-21-19-9-5-3-7-17(19)18-8-4-6-10-20(18)21/h1,3-13,21H,14H2,(H,24,25). The summed E-state index contributed by atoms with van der Waals surface area (Å²) in [5, 5.41) is 2.67. The van der Waals surface area contributed by atoms with Gasteiger partial charge in [-0.3, -0.25) is 10.3 Å². The van der Waals surface area contributed by atoms with Crippen molar-refractivity contribution in [1.82, 2.24) is 4.98 Å². The maximum atomic E-state index is 12.2. The summed E-state index contributed by atoms with van der Waals surface area (Å²) in [6.07, 6.45) is 7.91. The van der Waals surface area contributed by atoms with Crippen LogP contribution in [0.5, 0.6) is 0 Å². The molecule has 0 unspecified atom stereocenters. The van der Waals surface area contributed by atoms with Crippen LogP contribution < -0.4 is 5.32 Å². The van der Waals surface area contributed by atoms with Crippen LogP contribution in [0.1, 0.15) is 22.6 Å². The molecule has 4 rings (SSSR count). The molecule has 0 spiro atoms. The number of hydrogen-bond acceptors (Lipinski definition) is 3. The van der Waals surface area contributed by atoms with Crippen molar-refractivity contribution in [2.75, 3.05) is 11.9 Å². The Morgan fingerprint density at radius 1 is 1.08 bits per heavy atom. The normalized spacial score (nSPS) is 12.0. The van der Waals surface area contributed by atoms with Crippen LogP contribution in [0.15, 0.2) is 67.0 Å². The van der Waals surface area contributed by atoms with Gasteiger partial charge in [0.2, 0.25) is 0 Å². The van der Waals surface area contributed by atoms with Gasteiger partial charge in [-0.2, -0.15) is 0 Å². The van der Waals surface area contributed by atoms with E-state index in [0.717, 1.165) is 0 Å². The molecule has 1 aliphatic rings. The number of carbonyl (C=O) groups is 1. The van der Waals surface area contributed by atoms with Crippen molar-refractivity contribution in [1.29, 1.82) is 0 Å². The van der Waals surface area contributed by atoms with Gasteiger partial charge in [0.05, 0.1) is 11.9 Å². The zero-order valence-corrected chi connectivity index (χ0v) is 14.0. The molecule has 0 bridgehead atoms. The molecule has 3 aromatic rings. The van der Waals surface area contributed by atoms with Gasteiger partial charge in [0, 0.05) is 17.7 Å². The number of ether oxygens (including phenoxy) is 1. The van der Waals surface area contributed by atoms with E-state index in [9.17, 15) is 4.79 Å². The summed E-state index contributed by atoms with van der Waals surface area (Å²) in [6, 6.07) is 18.1. The summed E-state index contributed by atoms with van der Waals surface area (Å²) < 4.78 is 5.49. The molecule has 0 saturated carbocycles. The maximum Gasteiger partial charge on any atom is 0.411 e. The number of fused-ring (bicyclic) bond motifs is 3. The van der Waals surface area contributed by atoms with E-state index < -0.39 is 6.09 Å². The molecular weight excluding hydrogens is 324 g/mol. The van der Waals surface area contributed by atoms with Gasteiger partial charge in [-0.25, -0.2) is 4.79 Å². The number of carbonyl (C=O) groups excluding carboxylic acids is 1. The highest BCUT2D eigenvalue weighted by molar-refractivity contribution is 5.85. The highest BCUT2D eigenvalue weighted by Crippen LogP contribution is 2.44. The average Bonchev–Trinajstić information content (AvgIpc) is 3.00. The van der Waals surface area contributed by atoms with E-state index in [1.807, 2.05) is 24.3 Å². The zero-order valence-electron chi connectivity index (χ0n) is 14.0. The molecule has 0 radical (unpaired) electrons. The Kier molecular flexibility index (Phi) is 4.12. The summed E-state index contributed by atoms with van der Waals surface area (Å²) in [5.74, 6) is 2.52. The van der Waals surface area contributed by atoms with Crippen molar-refractivity contribution in [3.8, 4) is 23.5 Å². The molecular formula is C22H16N2O2. The summed E-state index contributed by atoms with van der Waals surface area (Å²) in [6.45, 7) is 0.266. The predicted molar refractivity (Wildman–Crippen MR) is 101 cm³/mol. The second-order valence-electron chi connectivity index (χ2n) is 6.06. The van der Waals surface area contributed by atoms with Crippen molar-refractivity contribution < 1.29 is 9.53 Å². The Bertz CT molecular complexity index is 975. The number of amides is 1. The van der Waals surface area contributed by atoms with Crippen LogP contribution >= 0.6 is 0 Å². The molecule has 1 aromatic heterocycles. The number of terminal acetylenes is 1. The van der Waals surface area contributed by atoms with Crippen molar-refractivity contribution in [3.05, 3.63) is 83.7 Å². The number of benzene rings is 2. The third-order valence-corrected chi connectivity index (χ3v) is 4.49. The van der Waals surface area contributed by atoms with Crippen molar-refractivity contribution in [2.24, 2.45) is 0 Å². The SMILES string of the molecule is C#Cc1cncc(NC(=O)OCC2c3ccccc3-c3ccccc32)c1.